The zero-order valence-corrected chi connectivity index (χ0v) is 65.2. The molecule has 124 heavy (non-hydrogen) atoms. The van der Waals surface area contributed by atoms with Gasteiger partial charge in [-0.25, -0.2) is 39.9 Å². The van der Waals surface area contributed by atoms with Gasteiger partial charge in [0.05, 0.1) is 28.1 Å². The molecule has 21 rings (SSSR count). The molecule has 8 aromatic heterocycles. The molecule has 0 aliphatic carbocycles. The first-order valence-corrected chi connectivity index (χ1v) is 39.7. The number of H-pyrrole nitrogens is 2. The number of pyridine rings is 2. The number of anilines is 4. The number of aromatic nitrogens is 10. The van der Waals surface area contributed by atoms with Gasteiger partial charge in [0.2, 0.25) is 23.6 Å². The minimum absolute atomic E-state index is 0.000757. The van der Waals surface area contributed by atoms with Crippen LogP contribution in [0.3, 0.4) is 0 Å². The number of benzene rings is 12. The van der Waals surface area contributed by atoms with Gasteiger partial charge in [0.1, 0.15) is 44.8 Å². The quantitative estimate of drug-likeness (QED) is 0.0465. The average molecular weight is 1630 g/mol. The summed E-state index contributed by atoms with van der Waals surface area (Å²) < 4.78 is 25.1. The number of piperazine rings is 1. The Kier molecular flexibility index (Phi) is 18.6. The number of carbonyl (C=O) groups is 6. The predicted molar refractivity (Wildman–Crippen MR) is 470 cm³/mol. The fraction of sp³-hybridized carbons (Fsp3) is 0.0408. The summed E-state index contributed by atoms with van der Waals surface area (Å²) in [7, 11) is 0. The monoisotopic (exact) mass is 1620 g/mol. The summed E-state index contributed by atoms with van der Waals surface area (Å²) in [5.74, 6) is -0.490. The number of carbonyl (C=O) groups excluding carboxylic acids is 6. The number of amides is 6. The largest absolute Gasteiger partial charge is 0.436 e. The van der Waals surface area contributed by atoms with Crippen LogP contribution in [0.5, 0.6) is 0 Å². The van der Waals surface area contributed by atoms with Crippen molar-refractivity contribution >= 4 is 125 Å². The number of para-hydroxylation sites is 9. The fourth-order valence-electron chi connectivity index (χ4n) is 15.5. The van der Waals surface area contributed by atoms with E-state index in [0.29, 0.717) is 130 Å². The van der Waals surface area contributed by atoms with Gasteiger partial charge in [0.25, 0.3) is 35.4 Å². The third kappa shape index (κ3) is 14.6. The van der Waals surface area contributed by atoms with E-state index in [2.05, 4.69) is 36.2 Å². The second-order valence-corrected chi connectivity index (χ2v) is 29.7. The highest BCUT2D eigenvalue weighted by atomic mass is 16.4. The average Bonchev–Trinajstić information content (AvgIpc) is 1.66. The standard InChI is InChI=1S/C98H64N16O10/c115-89(56-16-9-18-58(48-56)93-109-74-29-5-7-35-82(74)121-93)99-64-39-41-65(42-40-64)100-90(116)57-17-10-19-59(49-57)95-111-76-44-38-55(52-85(76)124-95)67-24-13-37-84-86(67)112-96(123-84)61-21-11-22-62(50-61)97(119)113-46-47-114(98(120)63-23-12-20-60(51-63)94-110-75-30-6-8-36-83(75)122-94)81(54-113)68-53-66(101-91(117)79-33-14-31-77(102-79)87-104-70-25-1-2-26-71(70)105-87)43-45-69(68)108-92(118)80-34-15-32-78(103-80)88-106-72-27-3-4-28-73(72)107-88/h1-45,48-53,81H,46-47,54H2,(H,99,115)(H,100,116)(H,101,117)(H,104,105)(H,106,107)(H,108,118). The summed E-state index contributed by atoms with van der Waals surface area (Å²) in [6.07, 6.45) is 0. The van der Waals surface area contributed by atoms with Gasteiger partial charge >= 0.3 is 0 Å². The summed E-state index contributed by atoms with van der Waals surface area (Å²) in [4.78, 5) is 136. The van der Waals surface area contributed by atoms with Crippen molar-refractivity contribution in [2.24, 2.45) is 0 Å². The Morgan fingerprint density at radius 3 is 1.32 bits per heavy atom. The van der Waals surface area contributed by atoms with Gasteiger partial charge in [-0.1, -0.05) is 103 Å². The number of nitrogens with one attached hydrogen (secondary N) is 6. The van der Waals surface area contributed by atoms with Gasteiger partial charge in [-0.05, 0) is 212 Å². The van der Waals surface area contributed by atoms with Crippen LogP contribution in [0.15, 0.2) is 327 Å². The van der Waals surface area contributed by atoms with Crippen LogP contribution in [0.2, 0.25) is 0 Å². The van der Waals surface area contributed by atoms with Crippen molar-refractivity contribution in [3.8, 4) is 80.0 Å². The number of rotatable bonds is 18. The molecule has 1 aliphatic rings. The Hall–Kier alpha value is -17.4. The lowest BCUT2D eigenvalue weighted by Gasteiger charge is -2.42. The summed E-state index contributed by atoms with van der Waals surface area (Å²) in [6.45, 7) is -0.0460. The molecule has 26 heteroatoms. The van der Waals surface area contributed by atoms with E-state index in [0.717, 1.165) is 38.7 Å². The van der Waals surface area contributed by atoms with Gasteiger partial charge < -0.3 is 58.7 Å². The Morgan fingerprint density at radius 2 is 0.766 bits per heavy atom. The SMILES string of the molecule is O=C(Nc1ccc(NC(=O)c2cccc(-c3nc4ccc(-c5cccc6oc(-c7cccc(C(=O)N8CCN(C(=O)c9cccc(-c%10nc%11ccccc%11o%10)c9)C(c9cc(NC(=O)c%10cccc(-c%11nc%12ccccc%12[nH]%11)n%10)ccc9NC(=O)c9cccc(-c%10nc%11ccccc%11[nH]%10)n9)C8)c7)nc56)cc4o3)c2)cc1)c1cccc(-c2nc3ccccc3o2)c1. The molecule has 12 aromatic carbocycles. The third-order valence-corrected chi connectivity index (χ3v) is 21.6. The van der Waals surface area contributed by atoms with Crippen LogP contribution in [-0.4, -0.2) is 115 Å². The molecule has 596 valence electrons. The zero-order valence-electron chi connectivity index (χ0n) is 65.2. The van der Waals surface area contributed by atoms with E-state index in [1.807, 2.05) is 158 Å². The summed E-state index contributed by atoms with van der Waals surface area (Å²) in [6, 6.07) is 90.1. The van der Waals surface area contributed by atoms with Crippen LogP contribution in [0.1, 0.15) is 74.0 Å². The van der Waals surface area contributed by atoms with Gasteiger partial charge in [0.15, 0.2) is 34.0 Å². The van der Waals surface area contributed by atoms with Crippen LogP contribution in [-0.2, 0) is 0 Å². The first-order chi connectivity index (χ1) is 60.8. The zero-order chi connectivity index (χ0) is 83.5. The molecule has 6 amide bonds. The van der Waals surface area contributed by atoms with Gasteiger partial charge in [0, 0.05) is 98.0 Å². The minimum atomic E-state index is -1.02. The summed E-state index contributed by atoms with van der Waals surface area (Å²) in [5.41, 5.74) is 15.7. The highest BCUT2D eigenvalue weighted by Gasteiger charge is 2.37. The normalized spacial score (nSPS) is 12.8. The molecule has 0 spiro atoms. The van der Waals surface area contributed by atoms with Crippen molar-refractivity contribution in [3.05, 3.63) is 349 Å². The van der Waals surface area contributed by atoms with E-state index in [1.54, 1.807) is 161 Å². The second-order valence-electron chi connectivity index (χ2n) is 29.7. The van der Waals surface area contributed by atoms with Crippen molar-refractivity contribution < 1.29 is 46.4 Å². The van der Waals surface area contributed by atoms with E-state index in [-0.39, 0.29) is 77.1 Å². The van der Waals surface area contributed by atoms with E-state index in [1.165, 1.54) is 0 Å². The number of fused-ring (bicyclic) bond motifs is 6. The Bertz CT molecular complexity index is 7580. The van der Waals surface area contributed by atoms with Crippen LogP contribution in [0, 0.1) is 0 Å². The number of imidazole rings is 2. The molecule has 0 bridgehead atoms. The van der Waals surface area contributed by atoms with E-state index < -0.39 is 23.8 Å². The molecule has 1 atom stereocenters. The van der Waals surface area contributed by atoms with Crippen molar-refractivity contribution in [2.45, 2.75) is 6.04 Å². The number of hydrogen-bond donors (Lipinski definition) is 6. The molecule has 9 heterocycles. The lowest BCUT2D eigenvalue weighted by molar-refractivity contribution is 0.0384. The molecule has 6 N–H and O–H groups in total. The molecular weight excluding hydrogens is 1560 g/mol. The molecule has 1 fully saturated rings. The second kappa shape index (κ2) is 31.1. The Balaban J connectivity index is 0.554. The highest BCUT2D eigenvalue weighted by molar-refractivity contribution is 6.09. The van der Waals surface area contributed by atoms with Crippen molar-refractivity contribution in [1.29, 1.82) is 0 Å². The van der Waals surface area contributed by atoms with Crippen molar-refractivity contribution in [3.63, 3.8) is 0 Å². The van der Waals surface area contributed by atoms with E-state index >= 15 is 9.59 Å². The predicted octanol–water partition coefficient (Wildman–Crippen LogP) is 19.8. The van der Waals surface area contributed by atoms with Crippen molar-refractivity contribution in [1.82, 2.24) is 59.6 Å². The molecule has 1 unspecified atom stereocenters. The topological polar surface area (TPSA) is 344 Å². The van der Waals surface area contributed by atoms with Crippen LogP contribution in [0.4, 0.5) is 22.7 Å². The van der Waals surface area contributed by atoms with Gasteiger partial charge in [-0.2, -0.15) is 0 Å². The lowest BCUT2D eigenvalue weighted by Crippen LogP contribution is -2.52. The number of aromatic amines is 2. The lowest BCUT2D eigenvalue weighted by atomic mass is 9.97. The highest BCUT2D eigenvalue weighted by Crippen LogP contribution is 2.40. The summed E-state index contributed by atoms with van der Waals surface area (Å²) >= 11 is 0. The molecule has 0 saturated carbocycles. The molecule has 0 radical (unpaired) electrons. The number of nitrogens with zero attached hydrogens (tertiary/aromatic N) is 10. The molecule has 20 aromatic rings. The van der Waals surface area contributed by atoms with Crippen molar-refractivity contribution in [2.75, 3.05) is 40.9 Å². The Morgan fingerprint density at radius 1 is 0.323 bits per heavy atom. The number of hydrogen-bond acceptors (Lipinski definition) is 18. The summed E-state index contributed by atoms with van der Waals surface area (Å²) in [5, 5.41) is 12.0. The maximum Gasteiger partial charge on any atom is 0.274 e. The maximum absolute atomic E-state index is 15.7. The molecule has 26 nitrogen and oxygen atoms in total. The van der Waals surface area contributed by atoms with E-state index in [4.69, 9.17) is 52.6 Å². The smallest absolute Gasteiger partial charge is 0.274 e. The van der Waals surface area contributed by atoms with Crippen LogP contribution >= 0.6 is 0 Å². The van der Waals surface area contributed by atoms with Gasteiger partial charge in [-0.15, -0.1) is 0 Å². The molecule has 1 saturated heterocycles. The number of oxazole rings is 4. The minimum Gasteiger partial charge on any atom is -0.436 e. The van der Waals surface area contributed by atoms with E-state index in [9.17, 15) is 19.2 Å². The molecular formula is C98H64N16O10. The van der Waals surface area contributed by atoms with Crippen LogP contribution in [0.25, 0.3) is 146 Å². The van der Waals surface area contributed by atoms with Crippen LogP contribution < -0.4 is 21.3 Å². The fourth-order valence-corrected chi connectivity index (χ4v) is 15.5. The third-order valence-electron chi connectivity index (χ3n) is 21.6. The molecule has 1 aliphatic heterocycles. The first kappa shape index (κ1) is 74.1. The van der Waals surface area contributed by atoms with Gasteiger partial charge in [-0.3, -0.25) is 28.8 Å². The first-order valence-electron chi connectivity index (χ1n) is 39.7. The maximum atomic E-state index is 15.7. The Labute approximate surface area is 702 Å².